The minimum Gasteiger partial charge on any atom is -0.507 e. The number of fused-ring (bicyclic) bond motifs is 7. The van der Waals surface area contributed by atoms with Crippen LogP contribution < -0.4 is 0 Å². The third-order valence-corrected chi connectivity index (χ3v) is 6.82. The number of hydrogen-bond acceptors (Lipinski definition) is 6. The lowest BCUT2D eigenvalue weighted by Crippen LogP contribution is -2.45. The van der Waals surface area contributed by atoms with Gasteiger partial charge in [-0.25, -0.2) is 0 Å². The molecule has 2 aromatic carbocycles. The minimum absolute atomic E-state index is 0.310. The summed E-state index contributed by atoms with van der Waals surface area (Å²) in [5, 5.41) is 21.6. The van der Waals surface area contributed by atoms with Crippen LogP contribution in [0.3, 0.4) is 0 Å². The first kappa shape index (κ1) is 23.4. The molecule has 8 heteroatoms. The molecule has 1 saturated heterocycles. The van der Waals surface area contributed by atoms with Gasteiger partial charge in [0, 0.05) is 96.0 Å². The summed E-state index contributed by atoms with van der Waals surface area (Å²) in [6.45, 7) is 6.37. The number of hydrogen-bond donors (Lipinski definition) is 2. The molecule has 2 N–H and O–H groups in total. The molecule has 6 nitrogen and oxygen atoms in total. The topological polar surface area (TPSA) is 71.7 Å². The number of phenolic OH excluding ortho intramolecular Hbond substituents is 2. The molecule has 3 heterocycles. The summed E-state index contributed by atoms with van der Waals surface area (Å²) in [6.07, 6.45) is 5.36. The number of phenols is 2. The number of benzene rings is 2. The van der Waals surface area contributed by atoms with E-state index in [1.165, 1.54) is 0 Å². The predicted molar refractivity (Wildman–Crippen MR) is 136 cm³/mol. The van der Waals surface area contributed by atoms with Crippen molar-refractivity contribution < 1.29 is 10.2 Å². The van der Waals surface area contributed by atoms with Crippen molar-refractivity contribution in [3.05, 3.63) is 55.5 Å². The summed E-state index contributed by atoms with van der Waals surface area (Å²) in [6, 6.07) is 7.80. The summed E-state index contributed by atoms with van der Waals surface area (Å²) < 4.78 is 1.89. The van der Waals surface area contributed by atoms with E-state index >= 15 is 0 Å². The van der Waals surface area contributed by atoms with Gasteiger partial charge >= 0.3 is 0 Å². The first-order chi connectivity index (χ1) is 15.5. The van der Waals surface area contributed by atoms with Crippen LogP contribution in [0, 0.1) is 0 Å². The lowest BCUT2D eigenvalue weighted by Gasteiger charge is -2.35. The number of halogens is 2. The van der Waals surface area contributed by atoms with E-state index in [4.69, 9.17) is 0 Å². The molecule has 0 spiro atoms. The SMILES string of the molecule is Oc1c2cc(Br)cc1CN1CCN(CC1)Cc1cc(Br)cc(c1O)C=NCCCCN=C2. The summed E-state index contributed by atoms with van der Waals surface area (Å²) in [5.41, 5.74) is 3.32. The second kappa shape index (κ2) is 10.9. The highest BCUT2D eigenvalue weighted by Gasteiger charge is 2.21. The number of aromatic hydroxyl groups is 2. The van der Waals surface area contributed by atoms with E-state index in [0.29, 0.717) is 37.7 Å². The zero-order valence-corrected chi connectivity index (χ0v) is 21.1. The van der Waals surface area contributed by atoms with Crippen molar-refractivity contribution >= 4 is 44.3 Å². The van der Waals surface area contributed by atoms with Crippen LogP contribution in [-0.4, -0.2) is 71.7 Å². The Labute approximate surface area is 205 Å². The molecule has 0 aromatic heterocycles. The van der Waals surface area contributed by atoms with E-state index in [1.54, 1.807) is 12.4 Å². The molecule has 0 aliphatic carbocycles. The molecule has 2 aromatic rings. The Hall–Kier alpha value is -1.74. The van der Waals surface area contributed by atoms with Gasteiger partial charge in [0.05, 0.1) is 0 Å². The highest BCUT2D eigenvalue weighted by Crippen LogP contribution is 2.30. The Morgan fingerprint density at radius 1 is 0.656 bits per heavy atom. The fraction of sp³-hybridized carbons (Fsp3) is 0.417. The van der Waals surface area contributed by atoms with Crippen LogP contribution in [0.15, 0.2) is 43.2 Å². The lowest BCUT2D eigenvalue weighted by atomic mass is 10.1. The Morgan fingerprint density at radius 2 is 1.06 bits per heavy atom. The Kier molecular flexibility index (Phi) is 7.99. The van der Waals surface area contributed by atoms with Gasteiger partial charge in [-0.05, 0) is 37.1 Å². The van der Waals surface area contributed by atoms with Gasteiger partial charge in [-0.15, -0.1) is 0 Å². The van der Waals surface area contributed by atoms with E-state index in [9.17, 15) is 10.2 Å². The van der Waals surface area contributed by atoms with Crippen LogP contribution in [0.1, 0.15) is 35.1 Å². The van der Waals surface area contributed by atoms with Crippen molar-refractivity contribution in [2.24, 2.45) is 9.98 Å². The van der Waals surface area contributed by atoms with Crippen LogP contribution in [0.5, 0.6) is 11.5 Å². The largest absolute Gasteiger partial charge is 0.507 e. The molecule has 0 radical (unpaired) electrons. The van der Waals surface area contributed by atoms with E-state index < -0.39 is 0 Å². The van der Waals surface area contributed by atoms with E-state index in [2.05, 4.69) is 51.6 Å². The molecule has 1 fully saturated rings. The van der Waals surface area contributed by atoms with E-state index in [-0.39, 0.29) is 0 Å². The Balaban J connectivity index is 1.58. The first-order valence-electron chi connectivity index (χ1n) is 11.0. The fourth-order valence-electron chi connectivity index (χ4n) is 4.11. The zero-order chi connectivity index (χ0) is 22.5. The minimum atomic E-state index is 0.310. The summed E-state index contributed by atoms with van der Waals surface area (Å²) >= 11 is 7.15. The van der Waals surface area contributed by atoms with Crippen LogP contribution in [0.2, 0.25) is 0 Å². The lowest BCUT2D eigenvalue weighted by molar-refractivity contribution is 0.120. The molecule has 6 bridgehead atoms. The molecular weight excluding hydrogens is 536 g/mol. The van der Waals surface area contributed by atoms with Gasteiger partial charge in [-0.2, -0.15) is 0 Å². The van der Waals surface area contributed by atoms with Gasteiger partial charge in [0.25, 0.3) is 0 Å². The van der Waals surface area contributed by atoms with Crippen molar-refractivity contribution in [3.8, 4) is 11.5 Å². The maximum absolute atomic E-state index is 10.8. The van der Waals surface area contributed by atoms with Crippen LogP contribution in [-0.2, 0) is 13.1 Å². The van der Waals surface area contributed by atoms with Crippen molar-refractivity contribution in [2.45, 2.75) is 25.9 Å². The Morgan fingerprint density at radius 3 is 1.47 bits per heavy atom. The van der Waals surface area contributed by atoms with Crippen LogP contribution in [0.25, 0.3) is 0 Å². The third-order valence-electron chi connectivity index (χ3n) is 5.90. The van der Waals surface area contributed by atoms with E-state index in [0.717, 1.165) is 70.2 Å². The standard InChI is InChI=1S/C24H28Br2N4O2/c25-21-9-17-13-27-3-1-2-4-28-14-18-10-22(26)12-20(24(18)32)16-30-7-5-29(6-8-30)15-19(11-21)23(17)31/h9-14,31-32H,1-8,15-16H2. The van der Waals surface area contributed by atoms with Gasteiger partial charge in [-0.3, -0.25) is 19.8 Å². The molecule has 0 atom stereocenters. The molecule has 32 heavy (non-hydrogen) atoms. The average molecular weight is 564 g/mol. The third kappa shape index (κ3) is 5.98. The monoisotopic (exact) mass is 562 g/mol. The van der Waals surface area contributed by atoms with Crippen molar-refractivity contribution in [1.29, 1.82) is 0 Å². The van der Waals surface area contributed by atoms with Crippen molar-refractivity contribution in [2.75, 3.05) is 39.3 Å². The van der Waals surface area contributed by atoms with Crippen molar-refractivity contribution in [1.82, 2.24) is 9.80 Å². The van der Waals surface area contributed by atoms with E-state index in [1.807, 2.05) is 24.3 Å². The van der Waals surface area contributed by atoms with Gasteiger partial charge in [0.2, 0.25) is 0 Å². The maximum atomic E-state index is 10.8. The quantitative estimate of drug-likeness (QED) is 0.492. The first-order valence-corrected chi connectivity index (χ1v) is 12.6. The normalized spacial score (nSPS) is 22.1. The molecule has 0 saturated carbocycles. The highest BCUT2D eigenvalue weighted by molar-refractivity contribution is 9.10. The summed E-state index contributed by atoms with van der Waals surface area (Å²) in [7, 11) is 0. The molecule has 170 valence electrons. The summed E-state index contributed by atoms with van der Waals surface area (Å²) in [4.78, 5) is 13.7. The van der Waals surface area contributed by atoms with Gasteiger partial charge in [0.1, 0.15) is 11.5 Å². The average Bonchev–Trinajstić information content (AvgIpc) is 2.76. The van der Waals surface area contributed by atoms with Gasteiger partial charge in [-0.1, -0.05) is 31.9 Å². The molecule has 0 unspecified atom stereocenters. The number of nitrogens with zero attached hydrogens (tertiary/aromatic N) is 4. The fourth-order valence-corrected chi connectivity index (χ4v) is 5.16. The molecule has 3 aliphatic heterocycles. The molecule has 3 aliphatic rings. The van der Waals surface area contributed by atoms with Crippen LogP contribution in [0.4, 0.5) is 0 Å². The molecule has 0 amide bonds. The van der Waals surface area contributed by atoms with Crippen molar-refractivity contribution in [3.63, 3.8) is 0 Å². The summed E-state index contributed by atoms with van der Waals surface area (Å²) in [5.74, 6) is 0.620. The Bertz CT molecular complexity index is 936. The molecular formula is C24H28Br2N4O2. The smallest absolute Gasteiger partial charge is 0.128 e. The highest BCUT2D eigenvalue weighted by atomic mass is 79.9. The maximum Gasteiger partial charge on any atom is 0.128 e. The second-order valence-corrected chi connectivity index (χ2v) is 10.2. The van der Waals surface area contributed by atoms with Crippen LogP contribution >= 0.6 is 31.9 Å². The van der Waals surface area contributed by atoms with Gasteiger partial charge < -0.3 is 10.2 Å². The number of rotatable bonds is 0. The van der Waals surface area contributed by atoms with Gasteiger partial charge in [0.15, 0.2) is 0 Å². The second-order valence-electron chi connectivity index (χ2n) is 8.34. The molecule has 5 rings (SSSR count). The number of piperazine rings is 1. The number of aliphatic imine (C=N–C) groups is 2. The zero-order valence-electron chi connectivity index (χ0n) is 18.0. The predicted octanol–water partition coefficient (Wildman–Crippen LogP) is 4.57.